The molecule has 1 fully saturated rings. The topological polar surface area (TPSA) is 130 Å². The molecule has 0 saturated carbocycles. The second-order valence-electron chi connectivity index (χ2n) is 11.6. The van der Waals surface area contributed by atoms with E-state index >= 15 is 0 Å². The van der Waals surface area contributed by atoms with Gasteiger partial charge in [-0.15, -0.1) is 0 Å². The first kappa shape index (κ1) is 28.8. The number of halogens is 3. The normalized spacial score (nSPS) is 19.0. The van der Waals surface area contributed by atoms with Gasteiger partial charge in [-0.2, -0.15) is 18.2 Å². The highest BCUT2D eigenvalue weighted by molar-refractivity contribution is 7.99. The number of alkyl halides is 3. The number of imidazole rings is 1. The zero-order valence-electron chi connectivity index (χ0n) is 23.1. The Balaban J connectivity index is 1.22. The first-order valence-electron chi connectivity index (χ1n) is 13.4. The molecule has 1 saturated heterocycles. The molecule has 5 heterocycles. The fourth-order valence-corrected chi connectivity index (χ4v) is 7.45. The number of pyridine rings is 2. The molecule has 0 bridgehead atoms. The smallest absolute Gasteiger partial charge is 0.342 e. The average Bonchev–Trinajstić information content (AvgIpc) is 3.47. The number of piperidine rings is 1. The lowest BCUT2D eigenvalue weighted by Crippen LogP contribution is -2.49. The lowest BCUT2D eigenvalue weighted by Gasteiger charge is -2.43. The quantitative estimate of drug-likeness (QED) is 0.320. The fourth-order valence-electron chi connectivity index (χ4n) is 5.54. The van der Waals surface area contributed by atoms with Gasteiger partial charge in [-0.1, -0.05) is 17.8 Å². The number of hydrogen-bond donors (Lipinski definition) is 2. The van der Waals surface area contributed by atoms with Crippen molar-refractivity contribution in [3.8, 4) is 0 Å². The van der Waals surface area contributed by atoms with Crippen molar-refractivity contribution in [2.75, 3.05) is 18.0 Å². The van der Waals surface area contributed by atoms with Gasteiger partial charge in [0.25, 0.3) is 0 Å². The number of aromatic amines is 1. The van der Waals surface area contributed by atoms with Crippen molar-refractivity contribution in [3.05, 3.63) is 59.8 Å². The summed E-state index contributed by atoms with van der Waals surface area (Å²) in [4.78, 5) is 26.6. The number of rotatable bonds is 5. The third-order valence-electron chi connectivity index (χ3n) is 7.93. The van der Waals surface area contributed by atoms with Crippen LogP contribution in [0.15, 0.2) is 52.8 Å². The predicted octanol–water partition coefficient (Wildman–Crippen LogP) is 4.91. The molecule has 0 radical (unpaired) electrons. The first-order chi connectivity index (χ1) is 19.8. The van der Waals surface area contributed by atoms with Gasteiger partial charge in [0.15, 0.2) is 17.0 Å². The van der Waals surface area contributed by atoms with Crippen molar-refractivity contribution >= 4 is 39.0 Å². The maximum atomic E-state index is 13.4. The Morgan fingerprint density at radius 2 is 1.76 bits per heavy atom. The second-order valence-corrected chi connectivity index (χ2v) is 15.2. The van der Waals surface area contributed by atoms with Crippen LogP contribution in [-0.4, -0.2) is 56.2 Å². The van der Waals surface area contributed by atoms with Crippen LogP contribution in [0.5, 0.6) is 0 Å². The van der Waals surface area contributed by atoms with Crippen molar-refractivity contribution in [3.63, 3.8) is 0 Å². The molecule has 2 aliphatic rings. The van der Waals surface area contributed by atoms with E-state index in [4.69, 9.17) is 0 Å². The summed E-state index contributed by atoms with van der Waals surface area (Å²) in [6.07, 6.45) is 1.72. The third kappa shape index (κ3) is 5.22. The molecule has 222 valence electrons. The number of nitrogens with zero attached hydrogens (tertiary/aromatic N) is 6. The van der Waals surface area contributed by atoms with Crippen LogP contribution < -0.4 is 9.62 Å². The largest absolute Gasteiger partial charge is 0.434 e. The zero-order chi connectivity index (χ0) is 29.9. The minimum Gasteiger partial charge on any atom is -0.342 e. The van der Waals surface area contributed by atoms with Gasteiger partial charge >= 0.3 is 6.18 Å². The highest BCUT2D eigenvalue weighted by Gasteiger charge is 2.51. The summed E-state index contributed by atoms with van der Waals surface area (Å²) in [6.45, 7) is 6.26. The molecule has 4 aromatic heterocycles. The minimum atomic E-state index is -4.59. The van der Waals surface area contributed by atoms with E-state index in [0.29, 0.717) is 49.6 Å². The number of hydrogen-bond acceptors (Lipinski definition) is 9. The molecule has 1 aliphatic carbocycles. The summed E-state index contributed by atoms with van der Waals surface area (Å²) in [6, 6.07) is 6.19. The van der Waals surface area contributed by atoms with Gasteiger partial charge in [-0.3, -0.25) is 9.97 Å². The molecule has 0 unspecified atom stereocenters. The van der Waals surface area contributed by atoms with E-state index in [9.17, 15) is 21.6 Å². The van der Waals surface area contributed by atoms with Gasteiger partial charge in [-0.05, 0) is 69.2 Å². The van der Waals surface area contributed by atoms with Crippen LogP contribution in [0.25, 0.3) is 11.3 Å². The van der Waals surface area contributed by atoms with Crippen molar-refractivity contribution < 1.29 is 21.6 Å². The molecule has 4 aromatic rings. The number of fused-ring (bicyclic) bond motifs is 2. The fraction of sp³-hybridized carbons (Fsp3) is 0.444. The molecule has 6 rings (SSSR count). The van der Waals surface area contributed by atoms with Crippen LogP contribution in [0.4, 0.5) is 19.1 Å². The molecule has 1 spiro atoms. The van der Waals surface area contributed by atoms with Crippen LogP contribution >= 0.6 is 11.8 Å². The van der Waals surface area contributed by atoms with Crippen LogP contribution in [0.3, 0.4) is 0 Å². The Bertz CT molecular complexity index is 1750. The van der Waals surface area contributed by atoms with Gasteiger partial charge in [-0.25, -0.2) is 23.1 Å². The Hall–Kier alpha value is -3.30. The lowest BCUT2D eigenvalue weighted by atomic mass is 9.73. The maximum Gasteiger partial charge on any atom is 0.434 e. The highest BCUT2D eigenvalue weighted by Crippen LogP contribution is 2.52. The van der Waals surface area contributed by atoms with Crippen LogP contribution in [0, 0.1) is 5.41 Å². The number of anilines is 1. The third-order valence-corrected chi connectivity index (χ3v) is 11.0. The molecule has 10 nitrogen and oxygen atoms in total. The zero-order valence-corrected chi connectivity index (χ0v) is 24.7. The summed E-state index contributed by atoms with van der Waals surface area (Å²) >= 11 is 0.828. The first-order valence-corrected chi connectivity index (χ1v) is 15.7. The Morgan fingerprint density at radius 3 is 2.48 bits per heavy atom. The molecular weight excluding hydrogens is 589 g/mol. The summed E-state index contributed by atoms with van der Waals surface area (Å²) in [5.41, 5.74) is 1.23. The summed E-state index contributed by atoms with van der Waals surface area (Å²) < 4.78 is 68.6. The van der Waals surface area contributed by atoms with Gasteiger partial charge < -0.3 is 9.88 Å². The molecule has 1 atom stereocenters. The van der Waals surface area contributed by atoms with E-state index in [0.717, 1.165) is 29.2 Å². The van der Waals surface area contributed by atoms with Crippen molar-refractivity contribution in [1.29, 1.82) is 0 Å². The van der Waals surface area contributed by atoms with E-state index in [2.05, 4.69) is 39.5 Å². The number of nitrogens with one attached hydrogen (secondary N) is 2. The molecule has 0 aromatic carbocycles. The van der Waals surface area contributed by atoms with Crippen molar-refractivity contribution in [2.45, 2.75) is 66.9 Å². The van der Waals surface area contributed by atoms with Crippen LogP contribution in [0.1, 0.15) is 56.6 Å². The highest BCUT2D eigenvalue weighted by atomic mass is 32.2. The molecule has 42 heavy (non-hydrogen) atoms. The maximum absolute atomic E-state index is 13.4. The molecular formula is C27H29F3N8O2S2. The Kier molecular flexibility index (Phi) is 6.97. The van der Waals surface area contributed by atoms with E-state index in [1.807, 2.05) is 12.1 Å². The van der Waals surface area contributed by atoms with Gasteiger partial charge in [0.1, 0.15) is 5.03 Å². The Labute approximate surface area is 245 Å². The number of H-pyrrole nitrogens is 1. The number of sulfonamides is 1. The summed E-state index contributed by atoms with van der Waals surface area (Å²) in [5, 5.41) is 0.266. The molecule has 1 aliphatic heterocycles. The van der Waals surface area contributed by atoms with Gasteiger partial charge in [0.05, 0.1) is 17.0 Å². The number of aromatic nitrogens is 6. The van der Waals surface area contributed by atoms with E-state index in [1.54, 1.807) is 27.0 Å². The lowest BCUT2D eigenvalue weighted by molar-refractivity contribution is -0.143. The molecule has 0 amide bonds. The van der Waals surface area contributed by atoms with Gasteiger partial charge in [0.2, 0.25) is 16.0 Å². The van der Waals surface area contributed by atoms with Crippen LogP contribution in [0.2, 0.25) is 0 Å². The van der Waals surface area contributed by atoms with E-state index in [-0.39, 0.29) is 21.4 Å². The standard InChI is InChI=1S/C27H29F3N8O2S2/c1-25(2,3)42(39,40)37-20-16-6-4-10-31-17(16)14-26(20)8-12-38(13-9-26)24-35-22-23(36-24)34-19(15-33-22)41-18-7-5-11-32-21(18)27(28,29)30/h4-7,10-11,15,20,37H,8-9,12-14H2,1-3H3,(H,33,34,35,36)/t20-/m1/s1. The SMILES string of the molecule is CC(C)(C)S(=O)(=O)N[C@@H]1c2cccnc2CC12CCN(c1nc3nc(Sc4cccnc4C(F)(F)F)cnc3[nH]1)CC2. The van der Waals surface area contributed by atoms with E-state index in [1.165, 1.54) is 18.3 Å². The second kappa shape index (κ2) is 10.2. The molecule has 2 N–H and O–H groups in total. The minimum absolute atomic E-state index is 0.0700. The summed E-state index contributed by atoms with van der Waals surface area (Å²) in [5.74, 6) is 0.555. The molecule has 15 heteroatoms. The average molecular weight is 619 g/mol. The summed E-state index contributed by atoms with van der Waals surface area (Å²) in [7, 11) is -3.61. The van der Waals surface area contributed by atoms with Crippen molar-refractivity contribution in [1.82, 2.24) is 34.6 Å². The monoisotopic (exact) mass is 618 g/mol. The van der Waals surface area contributed by atoms with E-state index < -0.39 is 26.6 Å². The van der Waals surface area contributed by atoms with Crippen molar-refractivity contribution in [2.24, 2.45) is 5.41 Å². The predicted molar refractivity (Wildman–Crippen MR) is 151 cm³/mol. The van der Waals surface area contributed by atoms with Gasteiger partial charge in [0, 0.05) is 36.1 Å². The Morgan fingerprint density at radius 1 is 1.05 bits per heavy atom. The van der Waals surface area contributed by atoms with Crippen LogP contribution in [-0.2, 0) is 22.6 Å².